The second-order valence-corrected chi connectivity index (χ2v) is 4.23. The molecule has 0 aromatic rings. The first-order valence-corrected chi connectivity index (χ1v) is 4.48. The number of carboxylic acid groups (broad SMARTS) is 1. The van der Waals surface area contributed by atoms with E-state index in [1.165, 1.54) is 13.8 Å². The molecule has 0 aliphatic heterocycles. The molecule has 0 aromatic carbocycles. The molecular weight excluding hydrogens is 173 g/mol. The average Bonchev–Trinajstić information content (AvgIpc) is 2.69. The number of hydrogen-bond donors (Lipinski definition) is 2. The summed E-state index contributed by atoms with van der Waals surface area (Å²) in [6.07, 6.45) is 1.55. The fraction of sp³-hybridized carbons (Fsp3) is 0.889. The zero-order chi connectivity index (χ0) is 10.3. The van der Waals surface area contributed by atoms with Gasteiger partial charge >= 0.3 is 5.97 Å². The summed E-state index contributed by atoms with van der Waals surface area (Å²) in [5.74, 6) is -1.19. The second-order valence-electron chi connectivity index (χ2n) is 4.23. The van der Waals surface area contributed by atoms with Crippen molar-refractivity contribution < 1.29 is 14.3 Å². The Balaban J connectivity index is 3.03. The Morgan fingerprint density at radius 2 is 2.08 bits per heavy atom. The molecule has 3 N–H and O–H groups in total. The van der Waals surface area contributed by atoms with Crippen LogP contribution in [0.3, 0.4) is 0 Å². The van der Waals surface area contributed by atoms with Gasteiger partial charge in [-0.3, -0.25) is 4.79 Å². The minimum Gasteiger partial charge on any atom is -0.481 e. The van der Waals surface area contributed by atoms with Gasteiger partial charge in [-0.15, -0.1) is 0 Å². The Bertz CT molecular complexity index is 220. The smallest absolute Gasteiger partial charge is 0.314 e. The highest BCUT2D eigenvalue weighted by molar-refractivity contribution is 5.77. The molecule has 1 unspecified atom stereocenters. The molecule has 1 fully saturated rings. The number of carboxylic acids is 1. The molecule has 0 amide bonds. The van der Waals surface area contributed by atoms with Crippen molar-refractivity contribution in [2.24, 2.45) is 17.1 Å². The van der Waals surface area contributed by atoms with Gasteiger partial charge in [0.2, 0.25) is 0 Å². The highest BCUT2D eigenvalue weighted by Gasteiger charge is 2.60. The van der Waals surface area contributed by atoms with Gasteiger partial charge in [0, 0.05) is 6.54 Å². The van der Waals surface area contributed by atoms with Gasteiger partial charge in [-0.1, -0.05) is 0 Å². The van der Waals surface area contributed by atoms with E-state index in [2.05, 4.69) is 0 Å². The van der Waals surface area contributed by atoms with E-state index in [-0.39, 0.29) is 12.5 Å². The standard InChI is InChI=1S/C9H16FNO2/c1-8(2,10)9(5-11,7(12)13)6-3-4-6/h6H,3-5,11H2,1-2H3,(H,12,13). The molecule has 1 atom stereocenters. The second kappa shape index (κ2) is 2.94. The summed E-state index contributed by atoms with van der Waals surface area (Å²) in [7, 11) is 0. The maximum absolute atomic E-state index is 13.8. The minimum absolute atomic E-state index is 0.0880. The molecule has 0 aromatic heterocycles. The van der Waals surface area contributed by atoms with Crippen LogP contribution in [0.25, 0.3) is 0 Å². The van der Waals surface area contributed by atoms with Crippen LogP contribution in [0.4, 0.5) is 4.39 Å². The molecule has 1 rings (SSSR count). The van der Waals surface area contributed by atoms with Crippen LogP contribution in [-0.2, 0) is 4.79 Å². The van der Waals surface area contributed by atoms with Crippen molar-refractivity contribution in [3.63, 3.8) is 0 Å². The Hall–Kier alpha value is -0.640. The lowest BCUT2D eigenvalue weighted by atomic mass is 9.71. The molecule has 0 saturated heterocycles. The molecule has 1 saturated carbocycles. The maximum Gasteiger partial charge on any atom is 0.314 e. The number of carbonyl (C=O) groups is 1. The molecule has 0 heterocycles. The molecule has 1 aliphatic carbocycles. The summed E-state index contributed by atoms with van der Waals surface area (Å²) in [5.41, 5.74) is 2.28. The zero-order valence-electron chi connectivity index (χ0n) is 8.01. The van der Waals surface area contributed by atoms with Crippen LogP contribution in [0.2, 0.25) is 0 Å². The lowest BCUT2D eigenvalue weighted by Gasteiger charge is -2.37. The quantitative estimate of drug-likeness (QED) is 0.697. The van der Waals surface area contributed by atoms with Gasteiger partial charge in [0.05, 0.1) is 0 Å². The number of alkyl halides is 1. The van der Waals surface area contributed by atoms with E-state index in [1.807, 2.05) is 0 Å². The molecule has 4 heteroatoms. The maximum atomic E-state index is 13.8. The van der Waals surface area contributed by atoms with Crippen molar-refractivity contribution in [1.29, 1.82) is 0 Å². The Kier molecular flexibility index (Phi) is 2.36. The summed E-state index contributed by atoms with van der Waals surface area (Å²) < 4.78 is 13.8. The van der Waals surface area contributed by atoms with Gasteiger partial charge < -0.3 is 10.8 Å². The number of rotatable bonds is 4. The van der Waals surface area contributed by atoms with E-state index in [9.17, 15) is 9.18 Å². The predicted molar refractivity (Wildman–Crippen MR) is 47.0 cm³/mol. The minimum atomic E-state index is -1.76. The predicted octanol–water partition coefficient (Wildman–Crippen LogP) is 1.17. The zero-order valence-corrected chi connectivity index (χ0v) is 8.01. The van der Waals surface area contributed by atoms with Gasteiger partial charge in [-0.25, -0.2) is 4.39 Å². The fourth-order valence-corrected chi connectivity index (χ4v) is 1.99. The van der Waals surface area contributed by atoms with E-state index >= 15 is 0 Å². The normalized spacial score (nSPS) is 22.5. The third-order valence-electron chi connectivity index (χ3n) is 3.04. The summed E-state index contributed by atoms with van der Waals surface area (Å²) in [6, 6.07) is 0. The van der Waals surface area contributed by atoms with Crippen molar-refractivity contribution in [2.75, 3.05) is 6.54 Å². The molecule has 0 radical (unpaired) electrons. The molecule has 13 heavy (non-hydrogen) atoms. The van der Waals surface area contributed by atoms with E-state index in [0.717, 1.165) is 12.8 Å². The molecule has 76 valence electrons. The van der Waals surface area contributed by atoms with Crippen molar-refractivity contribution in [1.82, 2.24) is 0 Å². The molecule has 1 aliphatic rings. The van der Waals surface area contributed by atoms with Gasteiger partial charge in [-0.05, 0) is 32.6 Å². The third kappa shape index (κ3) is 1.43. The first kappa shape index (κ1) is 10.4. The summed E-state index contributed by atoms with van der Waals surface area (Å²) in [4.78, 5) is 11.1. The van der Waals surface area contributed by atoms with Gasteiger partial charge in [0.1, 0.15) is 11.1 Å². The highest BCUT2D eigenvalue weighted by Crippen LogP contribution is 2.52. The largest absolute Gasteiger partial charge is 0.481 e. The first-order valence-electron chi connectivity index (χ1n) is 4.48. The Morgan fingerprint density at radius 1 is 1.62 bits per heavy atom. The van der Waals surface area contributed by atoms with Crippen LogP contribution < -0.4 is 5.73 Å². The lowest BCUT2D eigenvalue weighted by molar-refractivity contribution is -0.159. The van der Waals surface area contributed by atoms with Crippen LogP contribution in [0.1, 0.15) is 26.7 Å². The SMILES string of the molecule is CC(C)(F)C(CN)(C(=O)O)C1CC1. The monoisotopic (exact) mass is 189 g/mol. The summed E-state index contributed by atoms with van der Waals surface area (Å²) in [6.45, 7) is 2.47. The van der Waals surface area contributed by atoms with E-state index in [0.29, 0.717) is 0 Å². The van der Waals surface area contributed by atoms with Crippen molar-refractivity contribution in [3.8, 4) is 0 Å². The lowest BCUT2D eigenvalue weighted by Crippen LogP contribution is -2.53. The summed E-state index contributed by atoms with van der Waals surface area (Å²) in [5, 5.41) is 9.05. The third-order valence-corrected chi connectivity index (χ3v) is 3.04. The Labute approximate surface area is 77.1 Å². The van der Waals surface area contributed by atoms with Gasteiger partial charge in [-0.2, -0.15) is 0 Å². The number of hydrogen-bond acceptors (Lipinski definition) is 2. The van der Waals surface area contributed by atoms with Crippen molar-refractivity contribution in [2.45, 2.75) is 32.4 Å². The van der Waals surface area contributed by atoms with E-state index in [4.69, 9.17) is 10.8 Å². The molecule has 0 spiro atoms. The number of nitrogens with two attached hydrogens (primary N) is 1. The average molecular weight is 189 g/mol. The molecular formula is C9H16FNO2. The van der Waals surface area contributed by atoms with Crippen LogP contribution in [-0.4, -0.2) is 23.3 Å². The summed E-state index contributed by atoms with van der Waals surface area (Å²) >= 11 is 0. The van der Waals surface area contributed by atoms with Gasteiger partial charge in [0.15, 0.2) is 0 Å². The molecule has 3 nitrogen and oxygen atoms in total. The van der Waals surface area contributed by atoms with Crippen LogP contribution in [0, 0.1) is 11.3 Å². The topological polar surface area (TPSA) is 63.3 Å². The first-order chi connectivity index (χ1) is 5.86. The fourth-order valence-electron chi connectivity index (χ4n) is 1.99. The Morgan fingerprint density at radius 3 is 2.15 bits per heavy atom. The molecule has 0 bridgehead atoms. The van der Waals surface area contributed by atoms with Crippen LogP contribution >= 0.6 is 0 Å². The number of aliphatic carboxylic acids is 1. The van der Waals surface area contributed by atoms with E-state index in [1.54, 1.807) is 0 Å². The van der Waals surface area contributed by atoms with Crippen LogP contribution in [0.5, 0.6) is 0 Å². The van der Waals surface area contributed by atoms with Crippen LogP contribution in [0.15, 0.2) is 0 Å². The van der Waals surface area contributed by atoms with Crippen molar-refractivity contribution >= 4 is 5.97 Å². The van der Waals surface area contributed by atoms with Crippen molar-refractivity contribution in [3.05, 3.63) is 0 Å². The van der Waals surface area contributed by atoms with Gasteiger partial charge in [0.25, 0.3) is 0 Å². The highest BCUT2D eigenvalue weighted by atomic mass is 19.1. The number of halogens is 1. The van der Waals surface area contributed by atoms with E-state index < -0.39 is 17.1 Å².